The summed E-state index contributed by atoms with van der Waals surface area (Å²) >= 11 is 0. The van der Waals surface area contributed by atoms with Crippen molar-refractivity contribution in [3.63, 3.8) is 0 Å². The Labute approximate surface area is 123 Å². The van der Waals surface area contributed by atoms with Crippen LogP contribution in [0.25, 0.3) is 0 Å². The van der Waals surface area contributed by atoms with Gasteiger partial charge in [0.2, 0.25) is 5.91 Å². The predicted octanol–water partition coefficient (Wildman–Crippen LogP) is 3.32. The van der Waals surface area contributed by atoms with Crippen LogP contribution in [0, 0.1) is 5.92 Å². The van der Waals surface area contributed by atoms with E-state index in [1.807, 2.05) is 24.1 Å². The SMILES string of the molecule is CCCC(CCC)C(=O)N(C)Cc1cccc(CN)c1. The third-order valence-corrected chi connectivity index (χ3v) is 3.65. The van der Waals surface area contributed by atoms with Crippen molar-refractivity contribution in [3.8, 4) is 0 Å². The minimum Gasteiger partial charge on any atom is -0.341 e. The molecule has 0 spiro atoms. The van der Waals surface area contributed by atoms with Crippen molar-refractivity contribution in [1.29, 1.82) is 0 Å². The van der Waals surface area contributed by atoms with Crippen LogP contribution in [-0.2, 0) is 17.9 Å². The van der Waals surface area contributed by atoms with Gasteiger partial charge in [-0.15, -0.1) is 0 Å². The molecule has 0 aliphatic rings. The third-order valence-electron chi connectivity index (χ3n) is 3.65. The van der Waals surface area contributed by atoms with Gasteiger partial charge in [-0.3, -0.25) is 4.79 Å². The van der Waals surface area contributed by atoms with E-state index in [0.29, 0.717) is 13.1 Å². The molecule has 0 radical (unpaired) electrons. The van der Waals surface area contributed by atoms with Gasteiger partial charge in [-0.05, 0) is 24.0 Å². The molecule has 1 aromatic rings. The van der Waals surface area contributed by atoms with E-state index in [-0.39, 0.29) is 11.8 Å². The third kappa shape index (κ3) is 4.97. The molecule has 0 unspecified atom stereocenters. The Morgan fingerprint density at radius 1 is 1.20 bits per heavy atom. The number of amides is 1. The Balaban J connectivity index is 2.67. The molecule has 0 bridgehead atoms. The molecule has 0 saturated carbocycles. The summed E-state index contributed by atoms with van der Waals surface area (Å²) in [5.41, 5.74) is 7.92. The summed E-state index contributed by atoms with van der Waals surface area (Å²) in [5.74, 6) is 0.444. The summed E-state index contributed by atoms with van der Waals surface area (Å²) in [7, 11) is 1.90. The number of rotatable bonds is 8. The van der Waals surface area contributed by atoms with Crippen LogP contribution in [0.3, 0.4) is 0 Å². The number of carbonyl (C=O) groups excluding carboxylic acids is 1. The number of hydrogen-bond donors (Lipinski definition) is 1. The van der Waals surface area contributed by atoms with Gasteiger partial charge in [-0.1, -0.05) is 51.0 Å². The summed E-state index contributed by atoms with van der Waals surface area (Å²) in [6, 6.07) is 8.16. The first kappa shape index (κ1) is 16.7. The average molecular weight is 276 g/mol. The molecule has 0 saturated heterocycles. The first-order valence-electron chi connectivity index (χ1n) is 7.65. The van der Waals surface area contributed by atoms with Gasteiger partial charge in [0.1, 0.15) is 0 Å². The average Bonchev–Trinajstić information content (AvgIpc) is 2.46. The molecule has 0 aliphatic carbocycles. The maximum absolute atomic E-state index is 12.5. The van der Waals surface area contributed by atoms with E-state index in [1.165, 1.54) is 0 Å². The first-order valence-corrected chi connectivity index (χ1v) is 7.65. The highest BCUT2D eigenvalue weighted by Crippen LogP contribution is 2.17. The highest BCUT2D eigenvalue weighted by molar-refractivity contribution is 5.78. The van der Waals surface area contributed by atoms with Gasteiger partial charge >= 0.3 is 0 Å². The van der Waals surface area contributed by atoms with Crippen molar-refractivity contribution in [2.24, 2.45) is 11.7 Å². The van der Waals surface area contributed by atoms with Crippen molar-refractivity contribution in [1.82, 2.24) is 4.90 Å². The Kier molecular flexibility index (Phi) is 7.31. The van der Waals surface area contributed by atoms with Crippen molar-refractivity contribution >= 4 is 5.91 Å². The molecule has 0 aliphatic heterocycles. The molecule has 0 aromatic heterocycles. The summed E-state index contributed by atoms with van der Waals surface area (Å²) in [6.07, 6.45) is 4.10. The second-order valence-corrected chi connectivity index (χ2v) is 5.49. The quantitative estimate of drug-likeness (QED) is 0.791. The number of benzene rings is 1. The minimum absolute atomic E-state index is 0.174. The Morgan fingerprint density at radius 2 is 1.80 bits per heavy atom. The fraction of sp³-hybridized carbons (Fsp3) is 0.588. The molecule has 1 aromatic carbocycles. The summed E-state index contributed by atoms with van der Waals surface area (Å²) in [6.45, 7) is 5.48. The molecule has 0 atom stereocenters. The molecule has 1 rings (SSSR count). The van der Waals surface area contributed by atoms with Crippen LogP contribution in [0.5, 0.6) is 0 Å². The van der Waals surface area contributed by atoms with Crippen molar-refractivity contribution < 1.29 is 4.79 Å². The number of nitrogens with zero attached hydrogens (tertiary/aromatic N) is 1. The van der Waals surface area contributed by atoms with E-state index >= 15 is 0 Å². The molecule has 3 heteroatoms. The van der Waals surface area contributed by atoms with Crippen molar-refractivity contribution in [2.75, 3.05) is 7.05 Å². The van der Waals surface area contributed by atoms with E-state index in [4.69, 9.17) is 5.73 Å². The number of hydrogen-bond acceptors (Lipinski definition) is 2. The van der Waals surface area contributed by atoms with Gasteiger partial charge in [0.05, 0.1) is 0 Å². The molecule has 1 amide bonds. The Morgan fingerprint density at radius 3 is 2.35 bits per heavy atom. The normalized spacial score (nSPS) is 10.8. The maximum atomic E-state index is 12.5. The zero-order valence-corrected chi connectivity index (χ0v) is 13.1. The van der Waals surface area contributed by atoms with Crippen LogP contribution >= 0.6 is 0 Å². The molecular weight excluding hydrogens is 248 g/mol. The van der Waals surface area contributed by atoms with E-state index in [1.54, 1.807) is 0 Å². The topological polar surface area (TPSA) is 46.3 Å². The van der Waals surface area contributed by atoms with Crippen molar-refractivity contribution in [3.05, 3.63) is 35.4 Å². The molecule has 3 nitrogen and oxygen atoms in total. The number of nitrogens with two attached hydrogens (primary N) is 1. The predicted molar refractivity (Wildman–Crippen MR) is 84.1 cm³/mol. The van der Waals surface area contributed by atoms with Gasteiger partial charge in [0.15, 0.2) is 0 Å². The van der Waals surface area contributed by atoms with Gasteiger partial charge in [-0.2, -0.15) is 0 Å². The standard InChI is InChI=1S/C17H28N2O/c1-4-7-16(8-5-2)17(20)19(3)13-15-10-6-9-14(11-15)12-18/h6,9-11,16H,4-5,7-8,12-13,18H2,1-3H3. The smallest absolute Gasteiger partial charge is 0.225 e. The Hall–Kier alpha value is -1.35. The van der Waals surface area contributed by atoms with Gasteiger partial charge in [-0.25, -0.2) is 0 Å². The lowest BCUT2D eigenvalue weighted by Gasteiger charge is -2.23. The maximum Gasteiger partial charge on any atom is 0.225 e. The Bertz CT molecular complexity index is 411. The van der Waals surface area contributed by atoms with Gasteiger partial charge in [0, 0.05) is 26.1 Å². The minimum atomic E-state index is 0.174. The second-order valence-electron chi connectivity index (χ2n) is 5.49. The van der Waals surface area contributed by atoms with E-state index in [2.05, 4.69) is 26.0 Å². The van der Waals surface area contributed by atoms with E-state index in [0.717, 1.165) is 36.8 Å². The summed E-state index contributed by atoms with van der Waals surface area (Å²) in [4.78, 5) is 14.3. The lowest BCUT2D eigenvalue weighted by molar-refractivity contribution is -0.135. The summed E-state index contributed by atoms with van der Waals surface area (Å²) < 4.78 is 0. The highest BCUT2D eigenvalue weighted by Gasteiger charge is 2.20. The highest BCUT2D eigenvalue weighted by atomic mass is 16.2. The van der Waals surface area contributed by atoms with Crippen LogP contribution < -0.4 is 5.73 Å². The van der Waals surface area contributed by atoms with E-state index < -0.39 is 0 Å². The molecule has 112 valence electrons. The first-order chi connectivity index (χ1) is 9.62. The van der Waals surface area contributed by atoms with Crippen LogP contribution in [0.2, 0.25) is 0 Å². The van der Waals surface area contributed by atoms with Crippen molar-refractivity contribution in [2.45, 2.75) is 52.6 Å². The number of carbonyl (C=O) groups is 1. The fourth-order valence-electron chi connectivity index (χ4n) is 2.61. The lowest BCUT2D eigenvalue weighted by atomic mass is 9.96. The molecule has 0 heterocycles. The van der Waals surface area contributed by atoms with Gasteiger partial charge in [0.25, 0.3) is 0 Å². The molecule has 20 heavy (non-hydrogen) atoms. The zero-order valence-electron chi connectivity index (χ0n) is 13.1. The van der Waals surface area contributed by atoms with Crippen LogP contribution in [-0.4, -0.2) is 17.9 Å². The van der Waals surface area contributed by atoms with Crippen LogP contribution in [0.15, 0.2) is 24.3 Å². The molecule has 0 fully saturated rings. The van der Waals surface area contributed by atoms with Crippen LogP contribution in [0.1, 0.15) is 50.7 Å². The van der Waals surface area contributed by atoms with Crippen LogP contribution in [0.4, 0.5) is 0 Å². The molecular formula is C17H28N2O. The summed E-state index contributed by atoms with van der Waals surface area (Å²) in [5, 5.41) is 0. The monoisotopic (exact) mass is 276 g/mol. The zero-order chi connectivity index (χ0) is 15.0. The fourth-order valence-corrected chi connectivity index (χ4v) is 2.61. The second kappa shape index (κ2) is 8.75. The molecule has 2 N–H and O–H groups in total. The van der Waals surface area contributed by atoms with E-state index in [9.17, 15) is 4.79 Å². The largest absolute Gasteiger partial charge is 0.341 e. The van der Waals surface area contributed by atoms with Gasteiger partial charge < -0.3 is 10.6 Å². The lowest BCUT2D eigenvalue weighted by Crippen LogP contribution is -2.32.